The van der Waals surface area contributed by atoms with Crippen LogP contribution in [-0.2, 0) is 6.42 Å². The van der Waals surface area contributed by atoms with Crippen LogP contribution in [0.15, 0.2) is 24.3 Å². The third kappa shape index (κ3) is 3.94. The van der Waals surface area contributed by atoms with Gasteiger partial charge in [0.25, 0.3) is 0 Å². The Hall–Kier alpha value is -0.120. The van der Waals surface area contributed by atoms with E-state index in [4.69, 9.17) is 0 Å². The molecule has 0 amide bonds. The molecule has 0 aromatic heterocycles. The Kier molecular flexibility index (Phi) is 5.46. The Bertz CT molecular complexity index is 373. The first-order valence-electron chi connectivity index (χ1n) is 6.63. The van der Waals surface area contributed by atoms with Crippen molar-refractivity contribution >= 4 is 23.5 Å². The highest BCUT2D eigenvalue weighted by Gasteiger charge is 2.24. The second-order valence-corrected chi connectivity index (χ2v) is 7.77. The third-order valence-corrected chi connectivity index (χ3v) is 5.98. The van der Waals surface area contributed by atoms with E-state index in [2.05, 4.69) is 38.1 Å². The molecular weight excluding hydrogens is 260 g/mol. The average Bonchev–Trinajstić information content (AvgIpc) is 2.38. The molecule has 0 saturated carbocycles. The molecule has 1 aliphatic rings. The quantitative estimate of drug-likeness (QED) is 0.908. The first-order chi connectivity index (χ1) is 8.66. The average molecular weight is 282 g/mol. The maximum absolute atomic E-state index is 10.5. The van der Waals surface area contributed by atoms with Gasteiger partial charge in [-0.25, -0.2) is 0 Å². The molecule has 3 heteroatoms. The first-order valence-corrected chi connectivity index (χ1v) is 8.83. The molecule has 0 bridgehead atoms. The van der Waals surface area contributed by atoms with E-state index in [0.29, 0.717) is 11.2 Å². The summed E-state index contributed by atoms with van der Waals surface area (Å²) in [6.45, 7) is 4.47. The lowest BCUT2D eigenvalue weighted by Gasteiger charge is -2.26. The molecule has 1 aromatic rings. The van der Waals surface area contributed by atoms with Crippen molar-refractivity contribution < 1.29 is 5.11 Å². The van der Waals surface area contributed by atoms with Gasteiger partial charge in [0.05, 0.1) is 6.10 Å². The third-order valence-electron chi connectivity index (χ3n) is 3.13. The van der Waals surface area contributed by atoms with E-state index in [1.165, 1.54) is 11.3 Å². The van der Waals surface area contributed by atoms with Crippen molar-refractivity contribution in [1.82, 2.24) is 0 Å². The predicted molar refractivity (Wildman–Crippen MR) is 83.5 cm³/mol. The Balaban J connectivity index is 2.06. The maximum Gasteiger partial charge on any atom is 0.0916 e. The van der Waals surface area contributed by atoms with Crippen molar-refractivity contribution in [2.75, 3.05) is 17.3 Å². The van der Waals surface area contributed by atoms with Crippen LogP contribution in [0.5, 0.6) is 0 Å². The number of benzene rings is 1. The topological polar surface area (TPSA) is 20.2 Å². The maximum atomic E-state index is 10.5. The molecule has 0 spiro atoms. The standard InChI is InChI=1S/C15H22OS2/c1-11(2)8-12-4-3-5-13(9-12)15(16)14-10-17-6-7-18-14/h3-5,9,11,14-16H,6-8,10H2,1-2H3. The minimum Gasteiger partial charge on any atom is -0.387 e. The van der Waals surface area contributed by atoms with Crippen LogP contribution in [0.4, 0.5) is 0 Å². The van der Waals surface area contributed by atoms with Crippen molar-refractivity contribution in [3.63, 3.8) is 0 Å². The molecule has 1 heterocycles. The number of hydrogen-bond acceptors (Lipinski definition) is 3. The molecule has 0 radical (unpaired) electrons. The summed E-state index contributed by atoms with van der Waals surface area (Å²) in [5.41, 5.74) is 2.43. The van der Waals surface area contributed by atoms with Crippen molar-refractivity contribution in [2.45, 2.75) is 31.6 Å². The van der Waals surface area contributed by atoms with Crippen LogP contribution in [-0.4, -0.2) is 27.6 Å². The van der Waals surface area contributed by atoms with E-state index >= 15 is 0 Å². The zero-order chi connectivity index (χ0) is 13.0. The van der Waals surface area contributed by atoms with Gasteiger partial charge >= 0.3 is 0 Å². The van der Waals surface area contributed by atoms with E-state index in [1.807, 2.05) is 23.5 Å². The monoisotopic (exact) mass is 282 g/mol. The summed E-state index contributed by atoms with van der Waals surface area (Å²) in [5, 5.41) is 10.8. The van der Waals surface area contributed by atoms with Crippen LogP contribution in [0.2, 0.25) is 0 Å². The summed E-state index contributed by atoms with van der Waals surface area (Å²) in [6, 6.07) is 8.49. The fraction of sp³-hybridized carbons (Fsp3) is 0.600. The van der Waals surface area contributed by atoms with E-state index in [0.717, 1.165) is 23.5 Å². The molecule has 18 heavy (non-hydrogen) atoms. The van der Waals surface area contributed by atoms with Gasteiger partial charge in [-0.15, -0.1) is 0 Å². The first kappa shape index (κ1) is 14.3. The van der Waals surface area contributed by atoms with E-state index in [1.54, 1.807) is 0 Å². The molecule has 1 aromatic carbocycles. The Labute approximate surface area is 119 Å². The smallest absolute Gasteiger partial charge is 0.0916 e. The highest BCUT2D eigenvalue weighted by molar-refractivity contribution is 8.06. The Morgan fingerprint density at radius 3 is 2.83 bits per heavy atom. The predicted octanol–water partition coefficient (Wildman–Crippen LogP) is 3.77. The van der Waals surface area contributed by atoms with Gasteiger partial charge in [-0.1, -0.05) is 38.1 Å². The van der Waals surface area contributed by atoms with Crippen LogP contribution in [0.25, 0.3) is 0 Å². The lowest BCUT2D eigenvalue weighted by atomic mass is 9.98. The number of rotatable bonds is 4. The Morgan fingerprint density at radius 2 is 2.17 bits per heavy atom. The number of aliphatic hydroxyl groups excluding tert-OH is 1. The van der Waals surface area contributed by atoms with E-state index < -0.39 is 0 Å². The van der Waals surface area contributed by atoms with Crippen LogP contribution >= 0.6 is 23.5 Å². The van der Waals surface area contributed by atoms with Gasteiger partial charge in [-0.3, -0.25) is 0 Å². The number of hydrogen-bond donors (Lipinski definition) is 1. The second kappa shape index (κ2) is 6.88. The second-order valence-electron chi connectivity index (χ2n) is 5.27. The molecule has 1 N–H and O–H groups in total. The number of aliphatic hydroxyl groups is 1. The van der Waals surface area contributed by atoms with Crippen LogP contribution < -0.4 is 0 Å². The molecule has 1 fully saturated rings. The van der Waals surface area contributed by atoms with E-state index in [9.17, 15) is 5.11 Å². The van der Waals surface area contributed by atoms with E-state index in [-0.39, 0.29) is 6.10 Å². The van der Waals surface area contributed by atoms with Crippen LogP contribution in [0, 0.1) is 5.92 Å². The largest absolute Gasteiger partial charge is 0.387 e. The molecule has 1 nitrogen and oxygen atoms in total. The van der Waals surface area contributed by atoms with Crippen molar-refractivity contribution in [2.24, 2.45) is 5.92 Å². The van der Waals surface area contributed by atoms with Crippen molar-refractivity contribution in [3.05, 3.63) is 35.4 Å². The fourth-order valence-corrected chi connectivity index (χ4v) is 5.03. The van der Waals surface area contributed by atoms with Gasteiger partial charge in [-0.05, 0) is 23.5 Å². The number of thioether (sulfide) groups is 2. The molecular formula is C15H22OS2. The molecule has 0 aliphatic carbocycles. The summed E-state index contributed by atoms with van der Waals surface area (Å²) in [4.78, 5) is 0. The van der Waals surface area contributed by atoms with Crippen molar-refractivity contribution in [1.29, 1.82) is 0 Å². The zero-order valence-electron chi connectivity index (χ0n) is 11.1. The normalized spacial score (nSPS) is 22.1. The van der Waals surface area contributed by atoms with Gasteiger partial charge < -0.3 is 5.11 Å². The SMILES string of the molecule is CC(C)Cc1cccc(C(O)C2CSCCS2)c1. The zero-order valence-corrected chi connectivity index (χ0v) is 12.8. The summed E-state index contributed by atoms with van der Waals surface area (Å²) >= 11 is 3.88. The van der Waals surface area contributed by atoms with Crippen molar-refractivity contribution in [3.8, 4) is 0 Å². The molecule has 1 saturated heterocycles. The van der Waals surface area contributed by atoms with Gasteiger partial charge in [0.2, 0.25) is 0 Å². The Morgan fingerprint density at radius 1 is 1.33 bits per heavy atom. The van der Waals surface area contributed by atoms with Gasteiger partial charge in [-0.2, -0.15) is 23.5 Å². The molecule has 2 unspecified atom stereocenters. The minimum absolute atomic E-state index is 0.310. The summed E-state index contributed by atoms with van der Waals surface area (Å²) < 4.78 is 0. The van der Waals surface area contributed by atoms with Crippen LogP contribution in [0.3, 0.4) is 0 Å². The highest BCUT2D eigenvalue weighted by Crippen LogP contribution is 2.33. The van der Waals surface area contributed by atoms with Gasteiger partial charge in [0, 0.05) is 22.5 Å². The minimum atomic E-state index is -0.310. The molecule has 100 valence electrons. The van der Waals surface area contributed by atoms with Gasteiger partial charge in [0.1, 0.15) is 0 Å². The lowest BCUT2D eigenvalue weighted by molar-refractivity contribution is 0.180. The molecule has 2 rings (SSSR count). The summed E-state index contributed by atoms with van der Waals surface area (Å²) in [6.07, 6.45) is 0.780. The highest BCUT2D eigenvalue weighted by atomic mass is 32.2. The van der Waals surface area contributed by atoms with Gasteiger partial charge in [0.15, 0.2) is 0 Å². The van der Waals surface area contributed by atoms with Crippen LogP contribution in [0.1, 0.15) is 31.1 Å². The fourth-order valence-electron chi connectivity index (χ4n) is 2.28. The summed E-state index contributed by atoms with van der Waals surface area (Å²) in [7, 11) is 0. The molecule has 1 aliphatic heterocycles. The summed E-state index contributed by atoms with van der Waals surface area (Å²) in [5.74, 6) is 4.12. The lowest BCUT2D eigenvalue weighted by Crippen LogP contribution is -2.22. The molecule has 2 atom stereocenters.